The van der Waals surface area contributed by atoms with Crippen molar-refractivity contribution in [1.82, 2.24) is 14.4 Å². The van der Waals surface area contributed by atoms with Crippen LogP contribution in [0.1, 0.15) is 5.56 Å². The van der Waals surface area contributed by atoms with Gasteiger partial charge in [-0.3, -0.25) is 9.38 Å². The van der Waals surface area contributed by atoms with E-state index in [1.807, 2.05) is 34.9 Å². The molecule has 7 heteroatoms. The lowest BCUT2D eigenvalue weighted by Crippen LogP contribution is -1.98. The second kappa shape index (κ2) is 6.28. The summed E-state index contributed by atoms with van der Waals surface area (Å²) < 4.78 is 13.9. The van der Waals surface area contributed by atoms with Crippen molar-refractivity contribution in [3.63, 3.8) is 0 Å². The number of aryl methyl sites for hydroxylation is 1. The topological polar surface area (TPSA) is 60.7 Å². The molecule has 2 aromatic heterocycles. The van der Waals surface area contributed by atoms with Gasteiger partial charge in [0.05, 0.1) is 11.9 Å². The maximum atomic E-state index is 5.53. The van der Waals surface area contributed by atoms with Crippen molar-refractivity contribution in [3.05, 3.63) is 65.0 Å². The van der Waals surface area contributed by atoms with Gasteiger partial charge >= 0.3 is 0 Å². The number of hydrogen-bond acceptors (Lipinski definition) is 5. The van der Waals surface area contributed by atoms with Gasteiger partial charge < -0.3 is 14.8 Å². The molecule has 4 aromatic rings. The molecule has 0 amide bonds. The number of halogens is 1. The number of nitrogens with one attached hydrogen (secondary N) is 1. The molecular weight excluding hydrogens is 408 g/mol. The molecule has 3 heterocycles. The van der Waals surface area contributed by atoms with Crippen LogP contribution >= 0.6 is 15.9 Å². The molecule has 2 aromatic carbocycles. The second-order valence-electron chi connectivity index (χ2n) is 6.29. The minimum Gasteiger partial charge on any atom is -0.454 e. The number of imidazole rings is 1. The predicted molar refractivity (Wildman–Crippen MR) is 107 cm³/mol. The molecule has 0 spiro atoms. The van der Waals surface area contributed by atoms with Crippen LogP contribution in [0.25, 0.3) is 16.9 Å². The molecule has 6 nitrogen and oxygen atoms in total. The molecule has 134 valence electrons. The van der Waals surface area contributed by atoms with Crippen molar-refractivity contribution in [3.8, 4) is 22.8 Å². The van der Waals surface area contributed by atoms with E-state index >= 15 is 0 Å². The Morgan fingerprint density at radius 2 is 2.00 bits per heavy atom. The fraction of sp³-hybridized carbons (Fsp3) is 0.100. The van der Waals surface area contributed by atoms with Crippen molar-refractivity contribution >= 4 is 33.1 Å². The van der Waals surface area contributed by atoms with E-state index in [1.54, 1.807) is 12.4 Å². The number of benzene rings is 2. The highest BCUT2D eigenvalue weighted by atomic mass is 79.9. The summed E-state index contributed by atoms with van der Waals surface area (Å²) in [5.74, 6) is 2.33. The molecule has 0 aliphatic carbocycles. The molecule has 1 aliphatic heterocycles. The van der Waals surface area contributed by atoms with Crippen molar-refractivity contribution in [2.24, 2.45) is 0 Å². The smallest absolute Gasteiger partial charge is 0.231 e. The first-order valence-electron chi connectivity index (χ1n) is 8.44. The van der Waals surface area contributed by atoms with E-state index in [-0.39, 0.29) is 6.79 Å². The lowest BCUT2D eigenvalue weighted by molar-refractivity contribution is 0.174. The number of rotatable bonds is 3. The van der Waals surface area contributed by atoms with Gasteiger partial charge in [0, 0.05) is 22.4 Å². The van der Waals surface area contributed by atoms with Crippen LogP contribution in [-0.2, 0) is 0 Å². The Balaban J connectivity index is 1.67. The molecule has 0 atom stereocenters. The Bertz CT molecular complexity index is 1170. The van der Waals surface area contributed by atoms with Gasteiger partial charge in [-0.1, -0.05) is 6.07 Å². The van der Waals surface area contributed by atoms with Crippen LogP contribution in [-0.4, -0.2) is 21.2 Å². The summed E-state index contributed by atoms with van der Waals surface area (Å²) in [6.45, 7) is 2.31. The van der Waals surface area contributed by atoms with Crippen LogP contribution in [0.15, 0.2) is 59.5 Å². The average Bonchev–Trinajstić information content (AvgIpc) is 3.28. The SMILES string of the molecule is Cc1ccc(Nc2c(-c3ccc4c(c3)OCO4)nc3cnccn23)c(Br)c1. The van der Waals surface area contributed by atoms with E-state index in [4.69, 9.17) is 14.5 Å². The van der Waals surface area contributed by atoms with Crippen LogP contribution in [0.2, 0.25) is 0 Å². The lowest BCUT2D eigenvalue weighted by atomic mass is 10.1. The number of hydrogen-bond donors (Lipinski definition) is 1. The highest BCUT2D eigenvalue weighted by Gasteiger charge is 2.19. The molecule has 1 aliphatic rings. The quantitative estimate of drug-likeness (QED) is 0.506. The second-order valence-corrected chi connectivity index (χ2v) is 7.14. The van der Waals surface area contributed by atoms with E-state index in [9.17, 15) is 0 Å². The molecule has 27 heavy (non-hydrogen) atoms. The Labute approximate surface area is 163 Å². The molecule has 0 radical (unpaired) electrons. The van der Waals surface area contributed by atoms with Gasteiger partial charge in [0.15, 0.2) is 17.1 Å². The number of nitrogens with zero attached hydrogens (tertiary/aromatic N) is 3. The summed E-state index contributed by atoms with van der Waals surface area (Å²) in [6.07, 6.45) is 5.38. The van der Waals surface area contributed by atoms with Crippen LogP contribution < -0.4 is 14.8 Å². The van der Waals surface area contributed by atoms with Gasteiger partial charge in [0.2, 0.25) is 6.79 Å². The molecule has 0 saturated carbocycles. The summed E-state index contributed by atoms with van der Waals surface area (Å²) in [7, 11) is 0. The minimum atomic E-state index is 0.245. The van der Waals surface area contributed by atoms with E-state index in [1.165, 1.54) is 5.56 Å². The summed E-state index contributed by atoms with van der Waals surface area (Å²) in [5.41, 5.74) is 4.66. The first-order valence-corrected chi connectivity index (χ1v) is 9.23. The highest BCUT2D eigenvalue weighted by Crippen LogP contribution is 2.39. The first-order chi connectivity index (χ1) is 13.2. The van der Waals surface area contributed by atoms with Gasteiger partial charge in [0.1, 0.15) is 11.5 Å². The summed E-state index contributed by atoms with van der Waals surface area (Å²) >= 11 is 3.64. The standard InChI is InChI=1S/C20H15BrN4O2/c1-12-2-4-15(14(21)8-12)23-20-19(24-18-10-22-6-7-25(18)20)13-3-5-16-17(9-13)27-11-26-16/h2-10,23H,11H2,1H3. The zero-order valence-electron chi connectivity index (χ0n) is 14.4. The largest absolute Gasteiger partial charge is 0.454 e. The van der Waals surface area contributed by atoms with Crippen molar-refractivity contribution < 1.29 is 9.47 Å². The summed E-state index contributed by atoms with van der Waals surface area (Å²) in [4.78, 5) is 8.97. The van der Waals surface area contributed by atoms with E-state index in [2.05, 4.69) is 45.3 Å². The zero-order chi connectivity index (χ0) is 18.4. The number of anilines is 2. The van der Waals surface area contributed by atoms with E-state index in [0.717, 1.165) is 44.4 Å². The predicted octanol–water partition coefficient (Wildman–Crippen LogP) is 4.94. The molecule has 0 fully saturated rings. The van der Waals surface area contributed by atoms with Crippen LogP contribution in [0.5, 0.6) is 11.5 Å². The Kier molecular flexibility index (Phi) is 3.75. The Morgan fingerprint density at radius 1 is 1.11 bits per heavy atom. The number of fused-ring (bicyclic) bond motifs is 2. The summed E-state index contributed by atoms with van der Waals surface area (Å²) in [5, 5.41) is 3.51. The molecular formula is C20H15BrN4O2. The lowest BCUT2D eigenvalue weighted by Gasteiger charge is -2.11. The van der Waals surface area contributed by atoms with Crippen molar-refractivity contribution in [1.29, 1.82) is 0 Å². The third kappa shape index (κ3) is 2.80. The molecule has 0 unspecified atom stereocenters. The summed E-state index contributed by atoms with van der Waals surface area (Å²) in [6, 6.07) is 12.0. The van der Waals surface area contributed by atoms with Gasteiger partial charge in [-0.25, -0.2) is 4.98 Å². The van der Waals surface area contributed by atoms with Gasteiger partial charge in [-0.05, 0) is 58.7 Å². The monoisotopic (exact) mass is 422 g/mol. The maximum absolute atomic E-state index is 5.53. The third-order valence-corrected chi connectivity index (χ3v) is 5.11. The van der Waals surface area contributed by atoms with Crippen LogP contribution in [0.4, 0.5) is 11.5 Å². The van der Waals surface area contributed by atoms with Crippen LogP contribution in [0.3, 0.4) is 0 Å². The highest BCUT2D eigenvalue weighted by molar-refractivity contribution is 9.10. The normalized spacial score (nSPS) is 12.5. The number of ether oxygens (including phenoxy) is 2. The fourth-order valence-electron chi connectivity index (χ4n) is 3.12. The first kappa shape index (κ1) is 16.1. The molecule has 1 N–H and O–H groups in total. The van der Waals surface area contributed by atoms with Crippen LogP contribution in [0, 0.1) is 6.92 Å². The van der Waals surface area contributed by atoms with Crippen molar-refractivity contribution in [2.45, 2.75) is 6.92 Å². The number of aromatic nitrogens is 3. The van der Waals surface area contributed by atoms with Crippen molar-refractivity contribution in [2.75, 3.05) is 12.1 Å². The van der Waals surface area contributed by atoms with E-state index in [0.29, 0.717) is 0 Å². The molecule has 0 bridgehead atoms. The Hall–Kier alpha value is -3.06. The third-order valence-electron chi connectivity index (χ3n) is 4.45. The fourth-order valence-corrected chi connectivity index (χ4v) is 3.71. The van der Waals surface area contributed by atoms with Gasteiger partial charge in [0.25, 0.3) is 0 Å². The van der Waals surface area contributed by atoms with E-state index < -0.39 is 0 Å². The zero-order valence-corrected chi connectivity index (χ0v) is 16.0. The Morgan fingerprint density at radius 3 is 2.89 bits per heavy atom. The van der Waals surface area contributed by atoms with Gasteiger partial charge in [-0.2, -0.15) is 0 Å². The van der Waals surface area contributed by atoms with Gasteiger partial charge in [-0.15, -0.1) is 0 Å². The maximum Gasteiger partial charge on any atom is 0.231 e. The average molecular weight is 423 g/mol. The molecule has 0 saturated heterocycles. The minimum absolute atomic E-state index is 0.245. The molecule has 5 rings (SSSR count).